The number of aryl methyl sites for hydroxylation is 1. The van der Waals surface area contributed by atoms with Gasteiger partial charge in [-0.25, -0.2) is 0 Å². The molecule has 1 atom stereocenters. The molecule has 1 aliphatic heterocycles. The van der Waals surface area contributed by atoms with Crippen LogP contribution in [-0.2, 0) is 18.2 Å². The molecule has 0 spiro atoms. The second kappa shape index (κ2) is 18.8. The average molecular weight is 979 g/mol. The Morgan fingerprint density at radius 3 is 1.74 bits per heavy atom. The van der Waals surface area contributed by atoms with Gasteiger partial charge in [-0.3, -0.25) is 4.98 Å². The summed E-state index contributed by atoms with van der Waals surface area (Å²) in [5.41, 5.74) is 12.2. The van der Waals surface area contributed by atoms with E-state index in [9.17, 15) is 0 Å². The van der Waals surface area contributed by atoms with E-state index in [2.05, 4.69) is 273 Å². The highest BCUT2D eigenvalue weighted by molar-refractivity contribution is 8.25. The van der Waals surface area contributed by atoms with Gasteiger partial charge in [-0.05, 0) is 110 Å². The van der Waals surface area contributed by atoms with E-state index >= 15 is 0 Å². The van der Waals surface area contributed by atoms with Crippen molar-refractivity contribution in [2.45, 2.75) is 20.3 Å². The van der Waals surface area contributed by atoms with Gasteiger partial charge < -0.3 is 4.90 Å². The predicted octanol–water partition coefficient (Wildman–Crippen LogP) is 14.9. The van der Waals surface area contributed by atoms with Crippen LogP contribution in [-0.4, -0.2) is 10.8 Å². The van der Waals surface area contributed by atoms with E-state index < -0.39 is 12.9 Å². The molecule has 1 aromatic heterocycles. The minimum Gasteiger partial charge on any atom is -0.310 e. The lowest BCUT2D eigenvalue weighted by molar-refractivity contribution is 1.11. The Morgan fingerprint density at radius 2 is 1.06 bits per heavy atom. The van der Waals surface area contributed by atoms with Crippen molar-refractivity contribution in [1.82, 2.24) is 4.98 Å². The number of aromatic nitrogens is 1. The van der Waals surface area contributed by atoms with Crippen molar-refractivity contribution in [3.8, 4) is 33.5 Å². The fraction of sp³-hybridized carbons (Fsp3) is 0.0448. The van der Waals surface area contributed by atoms with Gasteiger partial charge in [-0.1, -0.05) is 249 Å². The van der Waals surface area contributed by atoms with Gasteiger partial charge in [-0.15, -0.1) is 0 Å². The molecule has 0 fully saturated rings. The second-order valence-electron chi connectivity index (χ2n) is 18.5. The summed E-state index contributed by atoms with van der Waals surface area (Å²) in [6, 6.07) is 86.1. The standard InChI is InChI=1S/C67H52N2P2S/c1-4-48-33-34-51(59-40-42-67(63-32-20-19-31-61(59)63)71(72,54-25-11-7-12-26-54)55-27-13-8-14-28-55)44-65(48)69-47(3)58-29-17-18-30-60(58)62-39-36-52(45-66(62)69)64-41-38-57(46-68-64)70(5-2,53-23-9-6-10-24-53)56-37-35-49-21-15-16-22-50(49)43-56/h5-46H,3-4H2,1-2H3. The zero-order valence-electron chi connectivity index (χ0n) is 40.4. The largest absolute Gasteiger partial charge is 0.310 e. The van der Waals surface area contributed by atoms with E-state index in [1.54, 1.807) is 0 Å². The maximum Gasteiger partial charge on any atom is 0.0703 e. The molecule has 2 nitrogen and oxygen atoms in total. The van der Waals surface area contributed by atoms with Gasteiger partial charge in [0.05, 0.1) is 11.4 Å². The third kappa shape index (κ3) is 7.55. The molecule has 5 heteroatoms. The smallest absolute Gasteiger partial charge is 0.0703 e. The maximum absolute atomic E-state index is 6.93. The van der Waals surface area contributed by atoms with E-state index in [0.717, 1.165) is 45.9 Å². The highest BCUT2D eigenvalue weighted by atomic mass is 32.4. The topological polar surface area (TPSA) is 16.1 Å². The molecule has 0 saturated carbocycles. The monoisotopic (exact) mass is 978 g/mol. The lowest BCUT2D eigenvalue weighted by Crippen LogP contribution is -2.27. The quantitative estimate of drug-likeness (QED) is 0.127. The van der Waals surface area contributed by atoms with Crippen molar-refractivity contribution < 1.29 is 0 Å². The molecule has 0 saturated heterocycles. The van der Waals surface area contributed by atoms with Crippen LogP contribution in [0.15, 0.2) is 255 Å². The summed E-state index contributed by atoms with van der Waals surface area (Å²) in [5, 5.41) is 12.3. The molecule has 1 aliphatic rings. The van der Waals surface area contributed by atoms with Crippen LogP contribution >= 0.6 is 12.9 Å². The summed E-state index contributed by atoms with van der Waals surface area (Å²) in [7, 11) is 0. The first-order chi connectivity index (χ1) is 35.4. The highest BCUT2D eigenvalue weighted by Gasteiger charge is 2.31. The van der Waals surface area contributed by atoms with Gasteiger partial charge >= 0.3 is 0 Å². The maximum atomic E-state index is 6.93. The van der Waals surface area contributed by atoms with Crippen LogP contribution in [0.1, 0.15) is 25.0 Å². The highest BCUT2D eigenvalue weighted by Crippen LogP contribution is 2.51. The summed E-state index contributed by atoms with van der Waals surface area (Å²) in [6.45, 7) is 7.16. The minimum absolute atomic E-state index is 0.855. The molecule has 1 unspecified atom stereocenters. The average Bonchev–Trinajstić information content (AvgIpc) is 3.46. The van der Waals surface area contributed by atoms with Gasteiger partial charge in [0.1, 0.15) is 0 Å². The van der Waals surface area contributed by atoms with Gasteiger partial charge in [0.25, 0.3) is 0 Å². The molecule has 0 N–H and O–H groups in total. The third-order valence-electron chi connectivity index (χ3n) is 14.7. The molecule has 72 heavy (non-hydrogen) atoms. The normalized spacial score (nSPS) is 13.1. The Morgan fingerprint density at radius 1 is 0.472 bits per heavy atom. The molecule has 12 rings (SSSR count). The number of hydrogen-bond donors (Lipinski definition) is 0. The van der Waals surface area contributed by atoms with Crippen LogP contribution < -0.4 is 36.7 Å². The first kappa shape index (κ1) is 45.5. The Hall–Kier alpha value is -7.64. The number of rotatable bonds is 10. The zero-order valence-corrected chi connectivity index (χ0v) is 43.0. The minimum atomic E-state index is -2.43. The summed E-state index contributed by atoms with van der Waals surface area (Å²) in [4.78, 5) is 7.73. The predicted molar refractivity (Wildman–Crippen MR) is 319 cm³/mol. The molecule has 11 aromatic rings. The van der Waals surface area contributed by atoms with Crippen molar-refractivity contribution in [3.05, 3.63) is 267 Å². The summed E-state index contributed by atoms with van der Waals surface area (Å²) in [5.74, 6) is 2.43. The zero-order chi connectivity index (χ0) is 48.8. The van der Waals surface area contributed by atoms with Gasteiger partial charge in [0, 0.05) is 50.9 Å². The Kier molecular flexibility index (Phi) is 11.9. The van der Waals surface area contributed by atoms with Gasteiger partial charge in [0.15, 0.2) is 0 Å². The second-order valence-corrected chi connectivity index (χ2v) is 26.4. The van der Waals surface area contributed by atoms with Crippen LogP contribution in [0.25, 0.3) is 60.8 Å². The molecule has 2 heterocycles. The van der Waals surface area contributed by atoms with Crippen molar-refractivity contribution in [2.75, 3.05) is 4.90 Å². The van der Waals surface area contributed by atoms with Crippen LogP contribution in [0, 0.1) is 0 Å². The fourth-order valence-electron chi connectivity index (χ4n) is 11.1. The van der Waals surface area contributed by atoms with E-state index in [1.165, 1.54) is 75.6 Å². The molecule has 0 radical (unpaired) electrons. The van der Waals surface area contributed by atoms with E-state index in [0.29, 0.717) is 0 Å². The van der Waals surface area contributed by atoms with Crippen LogP contribution in [0.3, 0.4) is 0 Å². The number of pyridine rings is 1. The van der Waals surface area contributed by atoms with Crippen molar-refractivity contribution in [3.63, 3.8) is 0 Å². The molecular weight excluding hydrogens is 927 g/mol. The number of nitrogens with zero attached hydrogens (tertiary/aromatic N) is 2. The van der Waals surface area contributed by atoms with Crippen LogP contribution in [0.4, 0.5) is 11.4 Å². The number of benzene rings is 10. The molecular formula is C67H52N2P2S. The Labute approximate surface area is 428 Å². The van der Waals surface area contributed by atoms with Crippen molar-refractivity contribution in [1.29, 1.82) is 0 Å². The van der Waals surface area contributed by atoms with E-state index in [-0.39, 0.29) is 0 Å². The number of anilines is 2. The lowest BCUT2D eigenvalue weighted by atomic mass is 9.88. The first-order valence-corrected chi connectivity index (χ1v) is 29.4. The lowest BCUT2D eigenvalue weighted by Gasteiger charge is -2.36. The SMILES string of the molecule is C=C1c2ccccc2-c2ccc(-c3ccc(P(=CC)(c4ccccc4)c4ccc5ccccc5c4)cn3)cc2N1c1cc(-c2ccc(P(=S)(c3ccccc3)c3ccccc3)c3ccccc23)ccc1CC. The Bertz CT molecular complexity index is 3930. The third-order valence-corrected chi connectivity index (χ3v) is 23.7. The summed E-state index contributed by atoms with van der Waals surface area (Å²) < 4.78 is 0. The van der Waals surface area contributed by atoms with Gasteiger partial charge in [-0.2, -0.15) is 0 Å². The molecule has 0 amide bonds. The van der Waals surface area contributed by atoms with E-state index in [1.807, 2.05) is 0 Å². The van der Waals surface area contributed by atoms with Crippen molar-refractivity contribution >= 4 is 101 Å². The van der Waals surface area contributed by atoms with Crippen LogP contribution in [0.5, 0.6) is 0 Å². The summed E-state index contributed by atoms with van der Waals surface area (Å²) >= 11 is 6.93. The first-order valence-electron chi connectivity index (χ1n) is 24.7. The Balaban J connectivity index is 0.984. The fourth-order valence-corrected chi connectivity index (χ4v) is 18.8. The van der Waals surface area contributed by atoms with Crippen molar-refractivity contribution in [2.24, 2.45) is 0 Å². The number of fused-ring (bicyclic) bond motifs is 5. The molecule has 0 aliphatic carbocycles. The molecule has 0 bridgehead atoms. The summed E-state index contributed by atoms with van der Waals surface area (Å²) in [6.07, 6.45) is 2.98. The molecule has 10 aromatic carbocycles. The molecule has 346 valence electrons. The van der Waals surface area contributed by atoms with Crippen LogP contribution in [0.2, 0.25) is 0 Å². The van der Waals surface area contributed by atoms with E-state index in [4.69, 9.17) is 23.4 Å². The van der Waals surface area contributed by atoms with Gasteiger partial charge in [0.2, 0.25) is 0 Å². The number of hydrogen-bond acceptors (Lipinski definition) is 3.